The molecule has 0 aliphatic rings. The van der Waals surface area contributed by atoms with Crippen molar-refractivity contribution in [1.82, 2.24) is 5.16 Å². The van der Waals surface area contributed by atoms with Crippen LogP contribution in [-0.2, 0) is 6.61 Å². The molecule has 1 heterocycles. The Labute approximate surface area is 80.7 Å². The van der Waals surface area contributed by atoms with Crippen LogP contribution in [0.1, 0.15) is 5.56 Å². The Bertz CT molecular complexity index is 380. The highest BCUT2D eigenvalue weighted by Crippen LogP contribution is 2.16. The van der Waals surface area contributed by atoms with E-state index in [0.717, 1.165) is 5.56 Å². The van der Waals surface area contributed by atoms with Gasteiger partial charge in [0.15, 0.2) is 0 Å². The number of phenols is 1. The fraction of sp³-hybridized carbons (Fsp3) is 0.100. The van der Waals surface area contributed by atoms with E-state index in [-0.39, 0.29) is 5.75 Å². The first-order valence-corrected chi connectivity index (χ1v) is 4.15. The molecule has 0 saturated heterocycles. The van der Waals surface area contributed by atoms with Crippen LogP contribution < -0.4 is 4.74 Å². The molecule has 4 nitrogen and oxygen atoms in total. The van der Waals surface area contributed by atoms with E-state index in [9.17, 15) is 0 Å². The molecule has 0 fully saturated rings. The van der Waals surface area contributed by atoms with Crippen LogP contribution in [0.4, 0.5) is 0 Å². The maximum absolute atomic E-state index is 9.03. The lowest BCUT2D eigenvalue weighted by molar-refractivity contribution is 0.304. The molecule has 0 amide bonds. The highest BCUT2D eigenvalue weighted by atomic mass is 16.5. The molecule has 1 aromatic carbocycles. The zero-order chi connectivity index (χ0) is 9.80. The van der Waals surface area contributed by atoms with Gasteiger partial charge in [0.1, 0.15) is 24.4 Å². The summed E-state index contributed by atoms with van der Waals surface area (Å²) in [5.41, 5.74) is 0.873. The van der Waals surface area contributed by atoms with E-state index in [4.69, 9.17) is 9.84 Å². The minimum atomic E-state index is 0.224. The third kappa shape index (κ3) is 2.04. The summed E-state index contributed by atoms with van der Waals surface area (Å²) in [5.74, 6) is 0.923. The van der Waals surface area contributed by atoms with E-state index in [1.807, 2.05) is 0 Å². The fourth-order valence-electron chi connectivity index (χ4n) is 1.01. The van der Waals surface area contributed by atoms with Crippen molar-refractivity contribution in [2.75, 3.05) is 0 Å². The van der Waals surface area contributed by atoms with Crippen molar-refractivity contribution < 1.29 is 14.4 Å². The molecule has 0 saturated carbocycles. The summed E-state index contributed by atoms with van der Waals surface area (Å²) < 4.78 is 10.0. The first-order valence-electron chi connectivity index (χ1n) is 4.15. The van der Waals surface area contributed by atoms with Crippen LogP contribution in [0.3, 0.4) is 0 Å². The lowest BCUT2D eigenvalue weighted by atomic mass is 10.3. The van der Waals surface area contributed by atoms with Crippen molar-refractivity contribution in [2.45, 2.75) is 6.61 Å². The molecule has 1 N–H and O–H groups in total. The Balaban J connectivity index is 1.95. The van der Waals surface area contributed by atoms with Crippen molar-refractivity contribution in [1.29, 1.82) is 0 Å². The summed E-state index contributed by atoms with van der Waals surface area (Å²) in [4.78, 5) is 0. The monoisotopic (exact) mass is 191 g/mol. The zero-order valence-corrected chi connectivity index (χ0v) is 7.38. The third-order valence-electron chi connectivity index (χ3n) is 1.73. The summed E-state index contributed by atoms with van der Waals surface area (Å²) in [7, 11) is 0. The molecule has 0 aliphatic heterocycles. The van der Waals surface area contributed by atoms with Crippen LogP contribution in [0.25, 0.3) is 0 Å². The van der Waals surface area contributed by atoms with Gasteiger partial charge < -0.3 is 14.4 Å². The van der Waals surface area contributed by atoms with Gasteiger partial charge in [-0.05, 0) is 24.3 Å². The lowest BCUT2D eigenvalue weighted by Gasteiger charge is -2.03. The highest BCUT2D eigenvalue weighted by molar-refractivity contribution is 5.30. The van der Waals surface area contributed by atoms with E-state index in [1.54, 1.807) is 30.5 Å². The number of benzene rings is 1. The van der Waals surface area contributed by atoms with Crippen LogP contribution in [0.5, 0.6) is 11.5 Å². The second-order valence-electron chi connectivity index (χ2n) is 2.82. The SMILES string of the molecule is Oc1ccc(OCc2cnoc2)cc1. The van der Waals surface area contributed by atoms with Gasteiger partial charge in [0.2, 0.25) is 0 Å². The number of nitrogens with zero attached hydrogens (tertiary/aromatic N) is 1. The van der Waals surface area contributed by atoms with E-state index < -0.39 is 0 Å². The number of aromatic hydroxyl groups is 1. The number of hydrogen-bond donors (Lipinski definition) is 1. The van der Waals surface area contributed by atoms with Gasteiger partial charge in [-0.3, -0.25) is 0 Å². The minimum Gasteiger partial charge on any atom is -0.508 e. The Kier molecular flexibility index (Phi) is 2.36. The summed E-state index contributed by atoms with van der Waals surface area (Å²) in [5, 5.41) is 12.6. The standard InChI is InChI=1S/C10H9NO3/c12-9-1-3-10(4-2-9)13-6-8-5-11-14-7-8/h1-5,7,12H,6H2. The highest BCUT2D eigenvalue weighted by Gasteiger charge is 1.97. The van der Waals surface area contributed by atoms with Gasteiger partial charge >= 0.3 is 0 Å². The normalized spacial score (nSPS) is 10.0. The van der Waals surface area contributed by atoms with Gasteiger partial charge in [-0.2, -0.15) is 0 Å². The second-order valence-corrected chi connectivity index (χ2v) is 2.82. The molecule has 4 heteroatoms. The molecule has 0 spiro atoms. The smallest absolute Gasteiger partial charge is 0.130 e. The Morgan fingerprint density at radius 1 is 1.29 bits per heavy atom. The van der Waals surface area contributed by atoms with E-state index in [2.05, 4.69) is 9.68 Å². The first-order chi connectivity index (χ1) is 6.84. The van der Waals surface area contributed by atoms with Gasteiger partial charge in [0, 0.05) is 5.56 Å². The topological polar surface area (TPSA) is 55.5 Å². The maximum Gasteiger partial charge on any atom is 0.130 e. The predicted octanol–water partition coefficient (Wildman–Crippen LogP) is 1.96. The largest absolute Gasteiger partial charge is 0.508 e. The quantitative estimate of drug-likeness (QED) is 0.805. The Morgan fingerprint density at radius 3 is 2.71 bits per heavy atom. The Hall–Kier alpha value is -1.97. The molecule has 0 radical (unpaired) electrons. The fourth-order valence-corrected chi connectivity index (χ4v) is 1.01. The van der Waals surface area contributed by atoms with Gasteiger partial charge in [-0.15, -0.1) is 0 Å². The van der Waals surface area contributed by atoms with Crippen LogP contribution in [-0.4, -0.2) is 10.3 Å². The molecule has 0 unspecified atom stereocenters. The second kappa shape index (κ2) is 3.83. The molecule has 0 atom stereocenters. The number of phenolic OH excluding ortho intramolecular Hbond substituents is 1. The van der Waals surface area contributed by atoms with E-state index in [1.165, 1.54) is 6.26 Å². The van der Waals surface area contributed by atoms with Crippen molar-refractivity contribution in [2.24, 2.45) is 0 Å². The van der Waals surface area contributed by atoms with Gasteiger partial charge in [-0.25, -0.2) is 0 Å². The number of hydrogen-bond acceptors (Lipinski definition) is 4. The number of ether oxygens (including phenoxy) is 1. The molecule has 2 rings (SSSR count). The van der Waals surface area contributed by atoms with E-state index >= 15 is 0 Å². The van der Waals surface area contributed by atoms with Crippen molar-refractivity contribution in [3.63, 3.8) is 0 Å². The number of rotatable bonds is 3. The summed E-state index contributed by atoms with van der Waals surface area (Å²) in [6, 6.07) is 6.54. The van der Waals surface area contributed by atoms with Gasteiger partial charge in [0.25, 0.3) is 0 Å². The van der Waals surface area contributed by atoms with Crippen molar-refractivity contribution in [3.05, 3.63) is 42.3 Å². The van der Waals surface area contributed by atoms with Crippen LogP contribution >= 0.6 is 0 Å². The average Bonchev–Trinajstić information content (AvgIpc) is 2.70. The van der Waals surface area contributed by atoms with E-state index in [0.29, 0.717) is 12.4 Å². The van der Waals surface area contributed by atoms with Crippen LogP contribution in [0, 0.1) is 0 Å². The van der Waals surface area contributed by atoms with Crippen LogP contribution in [0.15, 0.2) is 41.2 Å². The van der Waals surface area contributed by atoms with Gasteiger partial charge in [-0.1, -0.05) is 5.16 Å². The lowest BCUT2D eigenvalue weighted by Crippen LogP contribution is -1.92. The Morgan fingerprint density at radius 2 is 2.07 bits per heavy atom. The molecule has 2 aromatic rings. The minimum absolute atomic E-state index is 0.224. The average molecular weight is 191 g/mol. The van der Waals surface area contributed by atoms with Crippen molar-refractivity contribution >= 4 is 0 Å². The molecular weight excluding hydrogens is 182 g/mol. The molecule has 1 aromatic heterocycles. The number of aromatic nitrogens is 1. The molecule has 14 heavy (non-hydrogen) atoms. The summed E-state index contributed by atoms with van der Waals surface area (Å²) in [6.45, 7) is 0.411. The van der Waals surface area contributed by atoms with Gasteiger partial charge in [0.05, 0.1) is 6.20 Å². The predicted molar refractivity (Wildman–Crippen MR) is 48.9 cm³/mol. The summed E-state index contributed by atoms with van der Waals surface area (Å²) >= 11 is 0. The maximum atomic E-state index is 9.03. The molecule has 0 aliphatic carbocycles. The summed E-state index contributed by atoms with van der Waals surface area (Å²) in [6.07, 6.45) is 3.13. The van der Waals surface area contributed by atoms with Crippen molar-refractivity contribution in [3.8, 4) is 11.5 Å². The molecule has 0 bridgehead atoms. The first kappa shape index (κ1) is 8.62. The molecule has 72 valence electrons. The van der Waals surface area contributed by atoms with Crippen LogP contribution in [0.2, 0.25) is 0 Å². The zero-order valence-electron chi connectivity index (χ0n) is 7.38. The third-order valence-corrected chi connectivity index (χ3v) is 1.73. The molecular formula is C10H9NO3.